The summed E-state index contributed by atoms with van der Waals surface area (Å²) in [6.07, 6.45) is 2.06. The van der Waals surface area contributed by atoms with Gasteiger partial charge in [0, 0.05) is 6.04 Å². The molecule has 1 saturated carbocycles. The minimum absolute atomic E-state index is 0.0491. The van der Waals surface area contributed by atoms with E-state index in [-0.39, 0.29) is 12.1 Å². The molecule has 0 aromatic heterocycles. The van der Waals surface area contributed by atoms with Crippen molar-refractivity contribution in [1.29, 1.82) is 0 Å². The van der Waals surface area contributed by atoms with E-state index < -0.39 is 6.09 Å². The smallest absolute Gasteiger partial charge is 0.411 e. The van der Waals surface area contributed by atoms with E-state index in [2.05, 4.69) is 5.32 Å². The lowest BCUT2D eigenvalue weighted by Crippen LogP contribution is -2.34. The molecule has 1 aliphatic carbocycles. The Hall–Kier alpha value is -1.26. The first-order chi connectivity index (χ1) is 8.16. The minimum atomic E-state index is -0.500. The molecule has 2 atom stereocenters. The second kappa shape index (κ2) is 5.38. The number of hydrogen-bond donors (Lipinski definition) is 2. The predicted molar refractivity (Wildman–Crippen MR) is 67.2 cm³/mol. The summed E-state index contributed by atoms with van der Waals surface area (Å²) in [4.78, 5) is 11.6. The standard InChI is InChI=1S/C12H15ClN2O2/c13-8-4-1-2-6-10(8)15-12(16)17-11-7-3-5-9(11)14/h1-2,4,6,9,11H,3,5,7,14H2,(H,15,16). The van der Waals surface area contributed by atoms with Gasteiger partial charge in [-0.2, -0.15) is 0 Å². The number of carbonyl (C=O) groups is 1. The molecule has 0 saturated heterocycles. The molecule has 0 heterocycles. The molecule has 0 spiro atoms. The number of amides is 1. The highest BCUT2D eigenvalue weighted by molar-refractivity contribution is 6.33. The van der Waals surface area contributed by atoms with E-state index in [9.17, 15) is 4.79 Å². The van der Waals surface area contributed by atoms with Gasteiger partial charge in [-0.15, -0.1) is 0 Å². The van der Waals surface area contributed by atoms with Crippen LogP contribution < -0.4 is 11.1 Å². The Morgan fingerprint density at radius 3 is 2.82 bits per heavy atom. The summed E-state index contributed by atoms with van der Waals surface area (Å²) >= 11 is 5.92. The highest BCUT2D eigenvalue weighted by atomic mass is 35.5. The average molecular weight is 255 g/mol. The molecule has 17 heavy (non-hydrogen) atoms. The Labute approximate surface area is 105 Å². The third-order valence-corrected chi connectivity index (χ3v) is 3.20. The second-order valence-corrected chi connectivity index (χ2v) is 4.55. The average Bonchev–Trinajstić information content (AvgIpc) is 2.68. The largest absolute Gasteiger partial charge is 0.444 e. The van der Waals surface area contributed by atoms with Crippen LogP contribution in [0.1, 0.15) is 19.3 Å². The second-order valence-electron chi connectivity index (χ2n) is 4.14. The topological polar surface area (TPSA) is 64.3 Å². The van der Waals surface area contributed by atoms with Crippen molar-refractivity contribution >= 4 is 23.4 Å². The maximum Gasteiger partial charge on any atom is 0.411 e. The molecular formula is C12H15ClN2O2. The number of rotatable bonds is 2. The van der Waals surface area contributed by atoms with Gasteiger partial charge in [-0.1, -0.05) is 23.7 Å². The molecule has 2 unspecified atom stereocenters. The maximum atomic E-state index is 11.6. The van der Waals surface area contributed by atoms with E-state index in [4.69, 9.17) is 22.1 Å². The minimum Gasteiger partial charge on any atom is -0.444 e. The van der Waals surface area contributed by atoms with Gasteiger partial charge in [0.05, 0.1) is 10.7 Å². The van der Waals surface area contributed by atoms with Gasteiger partial charge >= 0.3 is 6.09 Å². The van der Waals surface area contributed by atoms with Crippen molar-refractivity contribution in [3.05, 3.63) is 29.3 Å². The highest BCUT2D eigenvalue weighted by Crippen LogP contribution is 2.23. The SMILES string of the molecule is NC1CCCC1OC(=O)Nc1ccccc1Cl. The van der Waals surface area contributed by atoms with Crippen LogP contribution in [0.2, 0.25) is 5.02 Å². The lowest BCUT2D eigenvalue weighted by atomic mass is 10.2. The summed E-state index contributed by atoms with van der Waals surface area (Å²) < 4.78 is 5.25. The summed E-state index contributed by atoms with van der Waals surface area (Å²) in [5.41, 5.74) is 6.37. The first kappa shape index (κ1) is 12.2. The molecule has 4 nitrogen and oxygen atoms in total. The first-order valence-corrected chi connectivity index (χ1v) is 6.02. The van der Waals surface area contributed by atoms with Gasteiger partial charge in [-0.25, -0.2) is 4.79 Å². The van der Waals surface area contributed by atoms with Crippen LogP contribution in [0.3, 0.4) is 0 Å². The third-order valence-electron chi connectivity index (χ3n) is 2.87. The van der Waals surface area contributed by atoms with Gasteiger partial charge in [0.25, 0.3) is 0 Å². The van der Waals surface area contributed by atoms with Crippen molar-refractivity contribution < 1.29 is 9.53 Å². The number of nitrogens with two attached hydrogens (primary N) is 1. The van der Waals surface area contributed by atoms with Crippen LogP contribution in [0.15, 0.2) is 24.3 Å². The molecule has 0 radical (unpaired) electrons. The van der Waals surface area contributed by atoms with Crippen LogP contribution in [-0.2, 0) is 4.74 Å². The number of hydrogen-bond acceptors (Lipinski definition) is 3. The fraction of sp³-hybridized carbons (Fsp3) is 0.417. The Morgan fingerprint density at radius 1 is 1.41 bits per heavy atom. The molecule has 3 N–H and O–H groups in total. The number of anilines is 1. The highest BCUT2D eigenvalue weighted by Gasteiger charge is 2.27. The summed E-state index contributed by atoms with van der Waals surface area (Å²) in [6.45, 7) is 0. The molecule has 92 valence electrons. The van der Waals surface area contributed by atoms with Crippen molar-refractivity contribution in [1.82, 2.24) is 0 Å². The monoisotopic (exact) mass is 254 g/mol. The zero-order chi connectivity index (χ0) is 12.3. The molecule has 1 amide bonds. The Bertz CT molecular complexity index is 411. The van der Waals surface area contributed by atoms with Crippen LogP contribution >= 0.6 is 11.6 Å². The number of para-hydroxylation sites is 1. The molecule has 5 heteroatoms. The predicted octanol–water partition coefficient (Wildman–Crippen LogP) is 2.77. The molecular weight excluding hydrogens is 240 g/mol. The van der Waals surface area contributed by atoms with E-state index in [1.807, 2.05) is 0 Å². The van der Waals surface area contributed by atoms with Crippen LogP contribution in [0, 0.1) is 0 Å². The lowest BCUT2D eigenvalue weighted by Gasteiger charge is -2.17. The van der Waals surface area contributed by atoms with E-state index >= 15 is 0 Å². The number of benzene rings is 1. The van der Waals surface area contributed by atoms with Crippen molar-refractivity contribution in [3.8, 4) is 0 Å². The fourth-order valence-corrected chi connectivity index (χ4v) is 2.12. The van der Waals surface area contributed by atoms with Crippen LogP contribution in [0.25, 0.3) is 0 Å². The van der Waals surface area contributed by atoms with Gasteiger partial charge in [-0.05, 0) is 31.4 Å². The van der Waals surface area contributed by atoms with Crippen LogP contribution in [0.5, 0.6) is 0 Å². The number of nitrogens with one attached hydrogen (secondary N) is 1. The van der Waals surface area contributed by atoms with E-state index in [1.165, 1.54) is 0 Å². The molecule has 1 fully saturated rings. The molecule has 1 aliphatic rings. The van der Waals surface area contributed by atoms with Crippen molar-refractivity contribution in [2.75, 3.05) is 5.32 Å². The van der Waals surface area contributed by atoms with Gasteiger partial charge in [0.1, 0.15) is 6.10 Å². The molecule has 1 aromatic rings. The van der Waals surface area contributed by atoms with Gasteiger partial charge in [-0.3, -0.25) is 5.32 Å². The quantitative estimate of drug-likeness (QED) is 0.853. The number of halogens is 1. The molecule has 0 bridgehead atoms. The third kappa shape index (κ3) is 3.11. The summed E-state index contributed by atoms with van der Waals surface area (Å²) in [7, 11) is 0. The Kier molecular flexibility index (Phi) is 3.86. The summed E-state index contributed by atoms with van der Waals surface area (Å²) in [5, 5.41) is 3.10. The Balaban J connectivity index is 1.91. The van der Waals surface area contributed by atoms with E-state index in [0.717, 1.165) is 19.3 Å². The van der Waals surface area contributed by atoms with Crippen LogP contribution in [-0.4, -0.2) is 18.2 Å². The van der Waals surface area contributed by atoms with Gasteiger partial charge < -0.3 is 10.5 Å². The van der Waals surface area contributed by atoms with Crippen molar-refractivity contribution in [3.63, 3.8) is 0 Å². The summed E-state index contributed by atoms with van der Waals surface area (Å²) in [6, 6.07) is 6.97. The normalized spacial score (nSPS) is 23.4. The lowest BCUT2D eigenvalue weighted by molar-refractivity contribution is 0.105. The zero-order valence-electron chi connectivity index (χ0n) is 9.36. The fourth-order valence-electron chi connectivity index (χ4n) is 1.94. The summed E-state index contributed by atoms with van der Waals surface area (Å²) in [5.74, 6) is 0. The van der Waals surface area contributed by atoms with Crippen molar-refractivity contribution in [2.24, 2.45) is 5.73 Å². The van der Waals surface area contributed by atoms with E-state index in [1.54, 1.807) is 24.3 Å². The maximum absolute atomic E-state index is 11.6. The zero-order valence-corrected chi connectivity index (χ0v) is 10.1. The van der Waals surface area contributed by atoms with Crippen LogP contribution in [0.4, 0.5) is 10.5 Å². The molecule has 2 rings (SSSR count). The Morgan fingerprint density at radius 2 is 2.18 bits per heavy atom. The van der Waals surface area contributed by atoms with Crippen molar-refractivity contribution in [2.45, 2.75) is 31.4 Å². The molecule has 1 aromatic carbocycles. The number of carbonyl (C=O) groups excluding carboxylic acids is 1. The first-order valence-electron chi connectivity index (χ1n) is 5.64. The van der Waals surface area contributed by atoms with Gasteiger partial charge in [0.15, 0.2) is 0 Å². The molecule has 0 aliphatic heterocycles. The number of ether oxygens (including phenoxy) is 1. The van der Waals surface area contributed by atoms with Gasteiger partial charge in [0.2, 0.25) is 0 Å². The van der Waals surface area contributed by atoms with E-state index in [0.29, 0.717) is 10.7 Å².